The van der Waals surface area contributed by atoms with Crippen LogP contribution in [0.1, 0.15) is 124 Å². The maximum atomic E-state index is 14.5. The van der Waals surface area contributed by atoms with Gasteiger partial charge in [-0.15, -0.1) is 0 Å². The molecule has 2 N–H and O–H groups in total. The molecule has 46 heavy (non-hydrogen) atoms. The van der Waals surface area contributed by atoms with Gasteiger partial charge in [-0.25, -0.2) is 8.42 Å². The van der Waals surface area contributed by atoms with Crippen LogP contribution in [-0.2, 0) is 9.84 Å². The van der Waals surface area contributed by atoms with Gasteiger partial charge in [-0.1, -0.05) is 52.3 Å². The first-order valence-corrected chi connectivity index (χ1v) is 19.8. The number of hydrogen-bond donors (Lipinski definition) is 2. The van der Waals surface area contributed by atoms with E-state index in [1.165, 1.54) is 0 Å². The average molecular weight is 667 g/mol. The largest absolute Gasteiger partial charge is 0.417 e. The van der Waals surface area contributed by atoms with E-state index in [4.69, 9.17) is 0 Å². The van der Waals surface area contributed by atoms with E-state index in [1.807, 2.05) is 6.07 Å². The van der Waals surface area contributed by atoms with Crippen LogP contribution in [0.4, 0.5) is 13.2 Å². The molecule has 0 bridgehead atoms. The Morgan fingerprint density at radius 1 is 0.848 bits per heavy atom. The summed E-state index contributed by atoms with van der Waals surface area (Å²) in [6, 6.07) is 8.79. The fourth-order valence-electron chi connectivity index (χ4n) is 12.2. The molecule has 10 atom stereocenters. The second-order valence-corrected chi connectivity index (χ2v) is 19.3. The molecule has 1 aromatic carbocycles. The normalized spacial score (nSPS) is 44.5. The van der Waals surface area contributed by atoms with Gasteiger partial charge < -0.3 is 10.2 Å². The number of alkyl halides is 3. The van der Waals surface area contributed by atoms with Gasteiger partial charge in [-0.2, -0.15) is 13.2 Å². The monoisotopic (exact) mass is 666 g/mol. The lowest BCUT2D eigenvalue weighted by atomic mass is 9.43. The summed E-state index contributed by atoms with van der Waals surface area (Å²) in [4.78, 5) is 0.337. The van der Waals surface area contributed by atoms with E-state index in [2.05, 4.69) is 27.7 Å². The molecule has 8 heteroatoms. The van der Waals surface area contributed by atoms with Gasteiger partial charge in [0, 0.05) is 0 Å². The van der Waals surface area contributed by atoms with E-state index in [-0.39, 0.29) is 47.8 Å². The van der Waals surface area contributed by atoms with Crippen molar-refractivity contribution in [2.75, 3.05) is 0 Å². The fourth-order valence-corrected chi connectivity index (χ4v) is 14.4. The minimum absolute atomic E-state index is 0.0436. The van der Waals surface area contributed by atoms with Crippen LogP contribution < -0.4 is 0 Å². The molecule has 5 aliphatic rings. The molecule has 0 saturated heterocycles. The molecule has 0 radical (unpaired) electrons. The van der Waals surface area contributed by atoms with Gasteiger partial charge in [0.25, 0.3) is 0 Å². The lowest BCUT2D eigenvalue weighted by Gasteiger charge is -2.62. The minimum atomic E-state index is -4.59. The molecular weight excluding hydrogens is 609 g/mol. The van der Waals surface area contributed by atoms with Crippen molar-refractivity contribution >= 4 is 9.84 Å². The van der Waals surface area contributed by atoms with Gasteiger partial charge in [0.15, 0.2) is 15.4 Å². The fraction of sp³-hybridized carbons (Fsp3) is 0.842. The highest BCUT2D eigenvalue weighted by atomic mass is 32.2. The lowest BCUT2D eigenvalue weighted by Crippen LogP contribution is -2.59. The van der Waals surface area contributed by atoms with E-state index >= 15 is 0 Å². The van der Waals surface area contributed by atoms with Crippen LogP contribution in [0.15, 0.2) is 35.2 Å². The molecule has 5 aliphatic carbocycles. The molecule has 5 fully saturated rings. The number of rotatable bonds is 7. The molecule has 0 amide bonds. The Hall–Kier alpha value is -1.12. The topological polar surface area (TPSA) is 74.6 Å². The van der Waals surface area contributed by atoms with Crippen LogP contribution in [0.3, 0.4) is 0 Å². The van der Waals surface area contributed by atoms with E-state index in [0.29, 0.717) is 47.8 Å². The Bertz CT molecular complexity index is 1340. The standard InChI is InChI=1S/C38H57F3O4S/c1-5-26-15-19-36(42,20-16-26)24-33(46(44,45)28-9-7-6-8-10-28)25(2)30-13-14-31-29-12-11-27-23-37(43,38(39,40)41)22-21-34(27,3)32(29)17-18-35(30,31)4/h6-10,25-27,29-33,42-43H,5,11-24H2,1-4H3/t25-,26?,27-,29-,30+,31-,32?,33?,34-,35+,36?,37-/m0/s1. The number of aliphatic hydroxyl groups is 2. The van der Waals surface area contributed by atoms with E-state index < -0.39 is 32.5 Å². The Morgan fingerprint density at radius 2 is 1.50 bits per heavy atom. The van der Waals surface area contributed by atoms with E-state index in [9.17, 15) is 31.8 Å². The van der Waals surface area contributed by atoms with Crippen molar-refractivity contribution in [2.24, 2.45) is 52.3 Å². The predicted octanol–water partition coefficient (Wildman–Crippen LogP) is 9.14. The molecule has 5 saturated carbocycles. The maximum absolute atomic E-state index is 14.5. The highest BCUT2D eigenvalue weighted by Gasteiger charge is 2.65. The van der Waals surface area contributed by atoms with Crippen molar-refractivity contribution in [1.82, 2.24) is 0 Å². The quantitative estimate of drug-likeness (QED) is 0.305. The average Bonchev–Trinajstić information content (AvgIpc) is 3.37. The van der Waals surface area contributed by atoms with Crippen LogP contribution in [0, 0.1) is 52.3 Å². The van der Waals surface area contributed by atoms with Gasteiger partial charge in [0.05, 0.1) is 15.7 Å². The molecule has 0 spiro atoms. The van der Waals surface area contributed by atoms with E-state index in [0.717, 1.165) is 57.8 Å². The van der Waals surface area contributed by atoms with Crippen molar-refractivity contribution < 1.29 is 31.8 Å². The van der Waals surface area contributed by atoms with Gasteiger partial charge in [-0.3, -0.25) is 0 Å². The summed E-state index contributed by atoms with van der Waals surface area (Å²) >= 11 is 0. The molecule has 0 aliphatic heterocycles. The second kappa shape index (κ2) is 12.0. The lowest BCUT2D eigenvalue weighted by molar-refractivity contribution is -0.290. The van der Waals surface area contributed by atoms with Crippen LogP contribution >= 0.6 is 0 Å². The summed E-state index contributed by atoms with van der Waals surface area (Å²) in [7, 11) is -3.71. The van der Waals surface area contributed by atoms with Gasteiger partial charge in [0.1, 0.15) is 0 Å². The third-order valence-electron chi connectivity index (χ3n) is 15.2. The number of sulfone groups is 1. The van der Waals surface area contributed by atoms with Crippen molar-refractivity contribution in [1.29, 1.82) is 0 Å². The molecule has 0 aromatic heterocycles. The smallest absolute Gasteiger partial charge is 0.390 e. The second-order valence-electron chi connectivity index (χ2n) is 17.2. The molecule has 260 valence electrons. The van der Waals surface area contributed by atoms with E-state index in [1.54, 1.807) is 24.3 Å². The third kappa shape index (κ3) is 5.70. The van der Waals surface area contributed by atoms with Gasteiger partial charge >= 0.3 is 6.18 Å². The predicted molar refractivity (Wildman–Crippen MR) is 175 cm³/mol. The summed E-state index contributed by atoms with van der Waals surface area (Å²) in [5, 5.41) is 21.8. The highest BCUT2D eigenvalue weighted by molar-refractivity contribution is 7.92. The molecule has 2 unspecified atom stereocenters. The summed E-state index contributed by atoms with van der Waals surface area (Å²) in [5.74, 6) is 1.72. The van der Waals surface area contributed by atoms with Crippen molar-refractivity contribution in [2.45, 2.75) is 152 Å². The summed E-state index contributed by atoms with van der Waals surface area (Å²) in [6.07, 6.45) is 5.46. The Morgan fingerprint density at radius 3 is 2.13 bits per heavy atom. The van der Waals surface area contributed by atoms with Crippen LogP contribution in [0.5, 0.6) is 0 Å². The minimum Gasteiger partial charge on any atom is -0.390 e. The zero-order valence-corrected chi connectivity index (χ0v) is 29.2. The van der Waals surface area contributed by atoms with Crippen molar-refractivity contribution in [3.05, 3.63) is 30.3 Å². The molecular formula is C38H57F3O4S. The SMILES string of the molecule is CCC1CCC(O)(CC([C@@H](C)[C@H]2CC[C@H]3[C@@H]4CC[C@H]5C[C@](O)(C(F)(F)F)CC[C@]5(C)C4CC[C@]23C)S(=O)(=O)c2ccccc2)CC1. The highest BCUT2D eigenvalue weighted by Crippen LogP contribution is 2.69. The summed E-state index contributed by atoms with van der Waals surface area (Å²) in [5.41, 5.74) is -3.79. The Balaban J connectivity index is 1.25. The molecule has 0 heterocycles. The summed E-state index contributed by atoms with van der Waals surface area (Å²) in [6.45, 7) is 8.91. The number of fused-ring (bicyclic) bond motifs is 5. The summed E-state index contributed by atoms with van der Waals surface area (Å²) < 4.78 is 70.5. The first-order chi connectivity index (χ1) is 21.5. The van der Waals surface area contributed by atoms with Gasteiger partial charge in [0.2, 0.25) is 0 Å². The first-order valence-electron chi connectivity index (χ1n) is 18.3. The van der Waals surface area contributed by atoms with Crippen LogP contribution in [-0.4, -0.2) is 41.3 Å². The van der Waals surface area contributed by atoms with Crippen molar-refractivity contribution in [3.63, 3.8) is 0 Å². The Kier molecular flexibility index (Phi) is 9.09. The van der Waals surface area contributed by atoms with Gasteiger partial charge in [-0.05, 0) is 154 Å². The Labute approximate surface area is 275 Å². The number of hydrogen-bond acceptors (Lipinski definition) is 4. The zero-order valence-electron chi connectivity index (χ0n) is 28.4. The zero-order chi connectivity index (χ0) is 33.3. The number of benzene rings is 1. The van der Waals surface area contributed by atoms with Crippen LogP contribution in [0.25, 0.3) is 0 Å². The molecule has 1 aromatic rings. The third-order valence-corrected chi connectivity index (χ3v) is 17.5. The first kappa shape index (κ1) is 34.7. The maximum Gasteiger partial charge on any atom is 0.417 e. The molecule has 6 rings (SSSR count). The van der Waals surface area contributed by atoms with Crippen LogP contribution in [0.2, 0.25) is 0 Å². The molecule has 4 nitrogen and oxygen atoms in total. The number of halogens is 3. The van der Waals surface area contributed by atoms with Crippen molar-refractivity contribution in [3.8, 4) is 0 Å².